The van der Waals surface area contributed by atoms with Crippen LogP contribution in [0.25, 0.3) is 0 Å². The minimum atomic E-state index is -3.61. The van der Waals surface area contributed by atoms with E-state index in [9.17, 15) is 8.42 Å². The number of benzene rings is 1. The Hall–Kier alpha value is -0.870. The molecule has 0 saturated heterocycles. The summed E-state index contributed by atoms with van der Waals surface area (Å²) in [5.41, 5.74) is 0.735. The van der Waals surface area contributed by atoms with Gasteiger partial charge in [-0.25, -0.2) is 0 Å². The molecule has 1 aromatic carbocycles. The van der Waals surface area contributed by atoms with Crippen molar-refractivity contribution in [1.82, 2.24) is 0 Å². The van der Waals surface area contributed by atoms with Crippen LogP contribution in [0.3, 0.4) is 0 Å². The molecule has 0 heterocycles. The maximum Gasteiger partial charge on any atom is 0.297 e. The predicted molar refractivity (Wildman–Crippen MR) is 115 cm³/mol. The van der Waals surface area contributed by atoms with E-state index in [2.05, 4.69) is 6.92 Å². The molecule has 0 radical (unpaired) electrons. The second kappa shape index (κ2) is 15.1. The van der Waals surface area contributed by atoms with Gasteiger partial charge >= 0.3 is 0 Å². The van der Waals surface area contributed by atoms with Gasteiger partial charge in [0.25, 0.3) is 10.1 Å². The van der Waals surface area contributed by atoms with Crippen molar-refractivity contribution in [3.8, 4) is 0 Å². The second-order valence-electron chi connectivity index (χ2n) is 7.64. The van der Waals surface area contributed by atoms with Gasteiger partial charge in [0.05, 0.1) is 11.5 Å². The summed E-state index contributed by atoms with van der Waals surface area (Å²) in [6.45, 7) is 4.35. The minimum Gasteiger partial charge on any atom is -0.266 e. The molecule has 0 spiro atoms. The lowest BCUT2D eigenvalue weighted by Gasteiger charge is -2.08. The molecular weight excluding hydrogens is 356 g/mol. The van der Waals surface area contributed by atoms with Crippen LogP contribution in [0.15, 0.2) is 29.2 Å². The number of aryl methyl sites for hydroxylation is 1. The number of hydrogen-bond donors (Lipinski definition) is 0. The summed E-state index contributed by atoms with van der Waals surface area (Å²) >= 11 is 0. The summed E-state index contributed by atoms with van der Waals surface area (Å²) in [7, 11) is -3.61. The van der Waals surface area contributed by atoms with E-state index in [0.29, 0.717) is 0 Å². The summed E-state index contributed by atoms with van der Waals surface area (Å²) < 4.78 is 29.5. The van der Waals surface area contributed by atoms with Gasteiger partial charge in [0.1, 0.15) is 0 Å². The van der Waals surface area contributed by atoms with Crippen molar-refractivity contribution in [2.24, 2.45) is 0 Å². The van der Waals surface area contributed by atoms with Crippen LogP contribution in [0.2, 0.25) is 0 Å². The highest BCUT2D eigenvalue weighted by Crippen LogP contribution is 2.18. The van der Waals surface area contributed by atoms with E-state index >= 15 is 0 Å². The molecule has 0 unspecified atom stereocenters. The van der Waals surface area contributed by atoms with Crippen molar-refractivity contribution in [2.75, 3.05) is 6.61 Å². The average molecular weight is 397 g/mol. The van der Waals surface area contributed by atoms with Gasteiger partial charge in [-0.1, -0.05) is 109 Å². The third-order valence-corrected chi connectivity index (χ3v) is 6.57. The van der Waals surface area contributed by atoms with E-state index in [1.54, 1.807) is 25.1 Å². The van der Waals surface area contributed by atoms with Crippen LogP contribution in [0.5, 0.6) is 0 Å². The average Bonchev–Trinajstić information content (AvgIpc) is 2.65. The van der Waals surface area contributed by atoms with Gasteiger partial charge in [-0.3, -0.25) is 4.18 Å². The number of unbranched alkanes of at least 4 members (excludes halogenated alkanes) is 13. The van der Waals surface area contributed by atoms with Crippen LogP contribution in [0, 0.1) is 6.92 Å². The first-order valence-corrected chi connectivity index (χ1v) is 12.4. The van der Waals surface area contributed by atoms with Crippen molar-refractivity contribution >= 4 is 10.1 Å². The van der Waals surface area contributed by atoms with Crippen LogP contribution >= 0.6 is 0 Å². The molecule has 0 saturated carbocycles. The summed E-state index contributed by atoms with van der Waals surface area (Å²) in [6, 6.07) is 6.97. The first kappa shape index (κ1) is 24.2. The Morgan fingerprint density at radius 2 is 1.15 bits per heavy atom. The zero-order chi connectivity index (χ0) is 19.8. The molecule has 0 atom stereocenters. The van der Waals surface area contributed by atoms with Gasteiger partial charge in [0.15, 0.2) is 0 Å². The highest BCUT2D eigenvalue weighted by Gasteiger charge is 2.16. The van der Waals surface area contributed by atoms with Crippen LogP contribution < -0.4 is 0 Å². The van der Waals surface area contributed by atoms with Crippen molar-refractivity contribution in [1.29, 1.82) is 0 Å². The van der Waals surface area contributed by atoms with E-state index in [4.69, 9.17) is 4.18 Å². The standard InChI is InChI=1S/C23H40O3S/c1-3-4-5-6-7-8-9-10-11-12-13-14-15-18-21-26-27(24,25)23-20-17-16-19-22(23)2/h16-17,19-20H,3-15,18,21H2,1-2H3. The molecule has 0 aromatic heterocycles. The lowest BCUT2D eigenvalue weighted by atomic mass is 10.0. The first-order chi connectivity index (χ1) is 13.1. The third kappa shape index (κ3) is 11.5. The fourth-order valence-corrected chi connectivity index (χ4v) is 4.54. The van der Waals surface area contributed by atoms with Gasteiger partial charge in [0.2, 0.25) is 0 Å². The predicted octanol–water partition coefficient (Wildman–Crippen LogP) is 7.18. The molecule has 3 nitrogen and oxygen atoms in total. The molecule has 0 aliphatic heterocycles. The normalized spacial score (nSPS) is 11.8. The third-order valence-electron chi connectivity index (χ3n) is 5.10. The monoisotopic (exact) mass is 396 g/mol. The largest absolute Gasteiger partial charge is 0.297 e. The summed E-state index contributed by atoms with van der Waals surface area (Å²) in [5, 5.41) is 0. The van der Waals surface area contributed by atoms with E-state index in [1.165, 1.54) is 77.0 Å². The van der Waals surface area contributed by atoms with Crippen molar-refractivity contribution in [3.05, 3.63) is 29.8 Å². The topological polar surface area (TPSA) is 43.4 Å². The molecule has 0 fully saturated rings. The molecule has 4 heteroatoms. The van der Waals surface area contributed by atoms with E-state index in [-0.39, 0.29) is 11.5 Å². The van der Waals surface area contributed by atoms with Crippen LogP contribution in [-0.4, -0.2) is 15.0 Å². The Morgan fingerprint density at radius 1 is 0.704 bits per heavy atom. The molecule has 0 bridgehead atoms. The Morgan fingerprint density at radius 3 is 1.63 bits per heavy atom. The highest BCUT2D eigenvalue weighted by molar-refractivity contribution is 7.86. The first-order valence-electron chi connectivity index (χ1n) is 11.0. The van der Waals surface area contributed by atoms with E-state index in [1.807, 2.05) is 6.07 Å². The van der Waals surface area contributed by atoms with Crippen LogP contribution in [0.1, 0.15) is 102 Å². The highest BCUT2D eigenvalue weighted by atomic mass is 32.2. The molecule has 0 amide bonds. The molecule has 27 heavy (non-hydrogen) atoms. The van der Waals surface area contributed by atoms with E-state index < -0.39 is 10.1 Å². The quantitative estimate of drug-likeness (QED) is 0.207. The van der Waals surface area contributed by atoms with Gasteiger partial charge in [-0.2, -0.15) is 8.42 Å². The Balaban J connectivity index is 1.93. The number of hydrogen-bond acceptors (Lipinski definition) is 3. The summed E-state index contributed by atoms with van der Waals surface area (Å²) in [4.78, 5) is 0.287. The van der Waals surface area contributed by atoms with Crippen LogP contribution in [0.4, 0.5) is 0 Å². The van der Waals surface area contributed by atoms with Gasteiger partial charge in [-0.05, 0) is 25.0 Å². The smallest absolute Gasteiger partial charge is 0.266 e. The molecule has 1 aromatic rings. The van der Waals surface area contributed by atoms with Crippen LogP contribution in [-0.2, 0) is 14.3 Å². The van der Waals surface area contributed by atoms with Crippen molar-refractivity contribution < 1.29 is 12.6 Å². The zero-order valence-corrected chi connectivity index (χ0v) is 18.4. The molecule has 0 aliphatic carbocycles. The summed E-state index contributed by atoms with van der Waals surface area (Å²) in [6.07, 6.45) is 18.0. The molecule has 0 N–H and O–H groups in total. The Bertz CT molecular complexity index is 581. The fraction of sp³-hybridized carbons (Fsp3) is 0.739. The molecular formula is C23H40O3S. The molecule has 156 valence electrons. The second-order valence-corrected chi connectivity index (χ2v) is 9.22. The number of rotatable bonds is 17. The maximum absolute atomic E-state index is 12.2. The van der Waals surface area contributed by atoms with Crippen molar-refractivity contribution in [2.45, 2.75) is 109 Å². The van der Waals surface area contributed by atoms with Crippen molar-refractivity contribution in [3.63, 3.8) is 0 Å². The lowest BCUT2D eigenvalue weighted by molar-refractivity contribution is 0.306. The molecule has 0 aliphatic rings. The Labute approximate surface area is 168 Å². The van der Waals surface area contributed by atoms with E-state index in [0.717, 1.165) is 18.4 Å². The maximum atomic E-state index is 12.2. The fourth-order valence-electron chi connectivity index (χ4n) is 3.37. The van der Waals surface area contributed by atoms with Gasteiger partial charge in [-0.15, -0.1) is 0 Å². The lowest BCUT2D eigenvalue weighted by Crippen LogP contribution is -2.09. The summed E-state index contributed by atoms with van der Waals surface area (Å²) in [5.74, 6) is 0. The zero-order valence-electron chi connectivity index (χ0n) is 17.5. The molecule has 1 rings (SSSR count). The van der Waals surface area contributed by atoms with Gasteiger partial charge in [0, 0.05) is 0 Å². The van der Waals surface area contributed by atoms with Gasteiger partial charge < -0.3 is 0 Å². The Kier molecular flexibility index (Phi) is 13.5. The minimum absolute atomic E-state index is 0.286. The SMILES string of the molecule is CCCCCCCCCCCCCCCCOS(=O)(=O)c1ccccc1C.